The van der Waals surface area contributed by atoms with Crippen molar-refractivity contribution >= 4 is 17.8 Å². The van der Waals surface area contributed by atoms with Gasteiger partial charge in [0.1, 0.15) is 0 Å². The van der Waals surface area contributed by atoms with E-state index in [1.54, 1.807) is 24.3 Å². The Morgan fingerprint density at radius 3 is 2.39 bits per heavy atom. The van der Waals surface area contributed by atoms with Gasteiger partial charge >= 0.3 is 5.97 Å². The van der Waals surface area contributed by atoms with Crippen molar-refractivity contribution in [3.8, 4) is 0 Å². The predicted molar refractivity (Wildman–Crippen MR) is 66.7 cm³/mol. The zero-order chi connectivity index (χ0) is 13.6. The molecule has 1 aromatic carbocycles. The van der Waals surface area contributed by atoms with E-state index in [-0.39, 0.29) is 13.0 Å². The summed E-state index contributed by atoms with van der Waals surface area (Å²) >= 11 is 0. The lowest BCUT2D eigenvalue weighted by Crippen LogP contribution is -2.47. The topological polar surface area (TPSA) is 101 Å². The molecule has 0 amide bonds. The van der Waals surface area contributed by atoms with Gasteiger partial charge in [-0.1, -0.05) is 36.4 Å². The minimum absolute atomic E-state index is 0.0896. The highest BCUT2D eigenvalue weighted by Crippen LogP contribution is 2.13. The quantitative estimate of drug-likeness (QED) is 0.501. The molecular formula is C13H15NO4. The zero-order valence-corrected chi connectivity index (χ0v) is 9.74. The summed E-state index contributed by atoms with van der Waals surface area (Å²) < 4.78 is 0. The van der Waals surface area contributed by atoms with Gasteiger partial charge in [-0.2, -0.15) is 0 Å². The summed E-state index contributed by atoms with van der Waals surface area (Å²) in [6.07, 6.45) is 2.19. The van der Waals surface area contributed by atoms with Gasteiger partial charge in [-0.25, -0.2) is 4.79 Å². The SMILES string of the molecule is NCCC(O)(C(=O)O)C(=O)C=Cc1ccccc1. The molecule has 0 aliphatic heterocycles. The Morgan fingerprint density at radius 2 is 1.89 bits per heavy atom. The summed E-state index contributed by atoms with van der Waals surface area (Å²) in [5.41, 5.74) is 3.50. The van der Waals surface area contributed by atoms with Crippen LogP contribution in [0.15, 0.2) is 36.4 Å². The van der Waals surface area contributed by atoms with Crippen LogP contribution < -0.4 is 5.73 Å². The van der Waals surface area contributed by atoms with Gasteiger partial charge in [0.15, 0.2) is 5.78 Å². The number of ketones is 1. The van der Waals surface area contributed by atoms with Crippen molar-refractivity contribution in [1.82, 2.24) is 0 Å². The molecular weight excluding hydrogens is 234 g/mol. The molecule has 0 aliphatic rings. The average molecular weight is 249 g/mol. The van der Waals surface area contributed by atoms with Crippen molar-refractivity contribution in [2.45, 2.75) is 12.0 Å². The monoisotopic (exact) mass is 249 g/mol. The van der Waals surface area contributed by atoms with Crippen LogP contribution in [0.1, 0.15) is 12.0 Å². The minimum Gasteiger partial charge on any atom is -0.479 e. The molecule has 0 aromatic heterocycles. The van der Waals surface area contributed by atoms with Crippen molar-refractivity contribution in [3.05, 3.63) is 42.0 Å². The Bertz CT molecular complexity index is 455. The number of carbonyl (C=O) groups excluding carboxylic acids is 1. The molecule has 0 bridgehead atoms. The van der Waals surface area contributed by atoms with E-state index in [1.807, 2.05) is 6.07 Å². The molecule has 18 heavy (non-hydrogen) atoms. The van der Waals surface area contributed by atoms with Crippen LogP contribution in [0.4, 0.5) is 0 Å². The number of carboxylic acids is 1. The molecule has 0 saturated carbocycles. The van der Waals surface area contributed by atoms with E-state index in [0.717, 1.165) is 11.6 Å². The molecule has 1 unspecified atom stereocenters. The second-order valence-electron chi connectivity index (χ2n) is 3.81. The highest BCUT2D eigenvalue weighted by atomic mass is 16.4. The van der Waals surface area contributed by atoms with Gasteiger partial charge in [-0.05, 0) is 18.2 Å². The highest BCUT2D eigenvalue weighted by Gasteiger charge is 2.41. The fourth-order valence-electron chi connectivity index (χ4n) is 1.42. The van der Waals surface area contributed by atoms with Gasteiger partial charge in [-0.15, -0.1) is 0 Å². The fraction of sp³-hybridized carbons (Fsp3) is 0.231. The van der Waals surface area contributed by atoms with Gasteiger partial charge < -0.3 is 15.9 Å². The number of aliphatic hydroxyl groups is 1. The maximum atomic E-state index is 11.7. The third kappa shape index (κ3) is 3.26. The number of nitrogens with two attached hydrogens (primary N) is 1. The number of rotatable bonds is 6. The minimum atomic E-state index is -2.44. The van der Waals surface area contributed by atoms with Crippen LogP contribution in [0.5, 0.6) is 0 Å². The van der Waals surface area contributed by atoms with Crippen molar-refractivity contribution in [1.29, 1.82) is 0 Å². The molecule has 0 fully saturated rings. The first-order valence-electron chi connectivity index (χ1n) is 5.44. The average Bonchev–Trinajstić information content (AvgIpc) is 2.37. The standard InChI is InChI=1S/C13H15NO4/c14-9-8-13(18,12(16)17)11(15)7-6-10-4-2-1-3-5-10/h1-7,18H,8-9,14H2,(H,16,17). The van der Waals surface area contributed by atoms with Crippen molar-refractivity contribution in [2.24, 2.45) is 5.73 Å². The molecule has 0 spiro atoms. The van der Waals surface area contributed by atoms with Crippen LogP contribution in [0, 0.1) is 0 Å². The third-order valence-electron chi connectivity index (χ3n) is 2.49. The molecule has 0 heterocycles. The van der Waals surface area contributed by atoms with E-state index in [1.165, 1.54) is 6.08 Å². The van der Waals surface area contributed by atoms with Crippen LogP contribution in [0.3, 0.4) is 0 Å². The second kappa shape index (κ2) is 6.09. The van der Waals surface area contributed by atoms with Gasteiger partial charge in [0.05, 0.1) is 0 Å². The summed E-state index contributed by atoms with van der Waals surface area (Å²) in [7, 11) is 0. The Labute approximate surface area is 105 Å². The van der Waals surface area contributed by atoms with Crippen molar-refractivity contribution < 1.29 is 19.8 Å². The lowest BCUT2D eigenvalue weighted by atomic mass is 9.93. The fourth-order valence-corrected chi connectivity index (χ4v) is 1.42. The second-order valence-corrected chi connectivity index (χ2v) is 3.81. The van der Waals surface area contributed by atoms with E-state index in [4.69, 9.17) is 10.8 Å². The number of aliphatic carboxylic acids is 1. The van der Waals surface area contributed by atoms with Gasteiger partial charge in [-0.3, -0.25) is 4.79 Å². The van der Waals surface area contributed by atoms with Crippen LogP contribution in [0.25, 0.3) is 6.08 Å². The predicted octanol–water partition coefficient (Wildman–Crippen LogP) is 0.433. The van der Waals surface area contributed by atoms with Crippen LogP contribution in [-0.4, -0.2) is 34.1 Å². The molecule has 96 valence electrons. The van der Waals surface area contributed by atoms with E-state index in [9.17, 15) is 14.7 Å². The molecule has 0 radical (unpaired) electrons. The molecule has 4 N–H and O–H groups in total. The highest BCUT2D eigenvalue weighted by molar-refractivity contribution is 6.12. The third-order valence-corrected chi connectivity index (χ3v) is 2.49. The molecule has 1 rings (SSSR count). The summed E-state index contributed by atoms with van der Waals surface area (Å²) in [6, 6.07) is 8.90. The number of hydrogen-bond donors (Lipinski definition) is 3. The first kappa shape index (κ1) is 14.1. The lowest BCUT2D eigenvalue weighted by molar-refractivity contribution is -0.163. The Balaban J connectivity index is 2.86. The largest absolute Gasteiger partial charge is 0.479 e. The van der Waals surface area contributed by atoms with E-state index in [2.05, 4.69) is 0 Å². The molecule has 5 nitrogen and oxygen atoms in total. The van der Waals surface area contributed by atoms with Crippen LogP contribution in [0.2, 0.25) is 0 Å². The Morgan fingerprint density at radius 1 is 1.28 bits per heavy atom. The van der Waals surface area contributed by atoms with Crippen LogP contribution in [-0.2, 0) is 9.59 Å². The summed E-state index contributed by atoms with van der Waals surface area (Å²) in [5, 5.41) is 18.6. The van der Waals surface area contributed by atoms with Crippen molar-refractivity contribution in [2.75, 3.05) is 6.54 Å². The molecule has 1 atom stereocenters. The molecule has 0 aliphatic carbocycles. The van der Waals surface area contributed by atoms with Crippen LogP contribution >= 0.6 is 0 Å². The van der Waals surface area contributed by atoms with Gasteiger partial charge in [0, 0.05) is 6.42 Å². The number of benzene rings is 1. The molecule has 0 saturated heterocycles. The summed E-state index contributed by atoms with van der Waals surface area (Å²) in [4.78, 5) is 22.6. The maximum Gasteiger partial charge on any atom is 0.343 e. The Kier molecular flexibility index (Phi) is 4.76. The maximum absolute atomic E-state index is 11.7. The smallest absolute Gasteiger partial charge is 0.343 e. The first-order chi connectivity index (χ1) is 8.50. The van der Waals surface area contributed by atoms with E-state index in [0.29, 0.717) is 0 Å². The first-order valence-corrected chi connectivity index (χ1v) is 5.44. The van der Waals surface area contributed by atoms with E-state index < -0.39 is 17.4 Å². The van der Waals surface area contributed by atoms with Crippen molar-refractivity contribution in [3.63, 3.8) is 0 Å². The summed E-state index contributed by atoms with van der Waals surface area (Å²) in [5.74, 6) is -2.47. The Hall–Kier alpha value is -1.98. The number of carbonyl (C=O) groups is 2. The van der Waals surface area contributed by atoms with Gasteiger partial charge in [0.2, 0.25) is 5.60 Å². The number of carboxylic acid groups (broad SMARTS) is 1. The lowest BCUT2D eigenvalue weighted by Gasteiger charge is -2.19. The number of hydrogen-bond acceptors (Lipinski definition) is 4. The molecule has 5 heteroatoms. The van der Waals surface area contributed by atoms with E-state index >= 15 is 0 Å². The normalized spacial score (nSPS) is 14.3. The zero-order valence-electron chi connectivity index (χ0n) is 9.74. The molecule has 1 aromatic rings. The van der Waals surface area contributed by atoms with Gasteiger partial charge in [0.25, 0.3) is 0 Å². The summed E-state index contributed by atoms with van der Waals surface area (Å²) in [6.45, 7) is -0.0896.